The lowest BCUT2D eigenvalue weighted by Crippen LogP contribution is -2.19. The smallest absolute Gasteiger partial charge is 0.115 e. The minimum absolute atomic E-state index is 0.399. The van der Waals surface area contributed by atoms with Gasteiger partial charge in [0.25, 0.3) is 0 Å². The first-order valence-corrected chi connectivity index (χ1v) is 9.33. The number of benzene rings is 1. The SMILES string of the molecule is FCc1ccc(-c2c3c(nn2C2CCCCC2)CCNCC3)cc1. The molecule has 0 unspecified atom stereocenters. The van der Waals surface area contributed by atoms with Gasteiger partial charge in [0, 0.05) is 24.1 Å². The largest absolute Gasteiger partial charge is 0.316 e. The van der Waals surface area contributed by atoms with Crippen molar-refractivity contribution in [1.29, 1.82) is 0 Å². The number of fused-ring (bicyclic) bond motifs is 1. The van der Waals surface area contributed by atoms with E-state index in [-0.39, 0.29) is 0 Å². The van der Waals surface area contributed by atoms with Crippen molar-refractivity contribution in [2.45, 2.75) is 57.7 Å². The fraction of sp³-hybridized carbons (Fsp3) is 0.550. The topological polar surface area (TPSA) is 29.9 Å². The second-order valence-electron chi connectivity index (χ2n) is 7.09. The van der Waals surface area contributed by atoms with Crippen LogP contribution in [0.3, 0.4) is 0 Å². The highest BCUT2D eigenvalue weighted by Gasteiger charge is 2.25. The molecule has 0 atom stereocenters. The average Bonchev–Trinajstić information content (AvgIpc) is 2.85. The van der Waals surface area contributed by atoms with Crippen molar-refractivity contribution in [2.75, 3.05) is 13.1 Å². The summed E-state index contributed by atoms with van der Waals surface area (Å²) in [5, 5.41) is 8.53. The molecule has 4 heteroatoms. The second-order valence-corrected chi connectivity index (χ2v) is 7.09. The van der Waals surface area contributed by atoms with E-state index < -0.39 is 6.67 Å². The van der Waals surface area contributed by atoms with Gasteiger partial charge in [-0.25, -0.2) is 4.39 Å². The Morgan fingerprint density at radius 2 is 1.79 bits per heavy atom. The summed E-state index contributed by atoms with van der Waals surface area (Å²) < 4.78 is 15.2. The van der Waals surface area contributed by atoms with Crippen LogP contribution in [0, 0.1) is 0 Å². The quantitative estimate of drug-likeness (QED) is 0.915. The summed E-state index contributed by atoms with van der Waals surface area (Å²) in [4.78, 5) is 0. The van der Waals surface area contributed by atoms with E-state index in [2.05, 4.69) is 22.1 Å². The Balaban J connectivity index is 1.80. The first-order valence-electron chi connectivity index (χ1n) is 9.33. The van der Waals surface area contributed by atoms with Crippen LogP contribution in [0.5, 0.6) is 0 Å². The molecule has 1 aliphatic carbocycles. The van der Waals surface area contributed by atoms with E-state index in [0.29, 0.717) is 6.04 Å². The van der Waals surface area contributed by atoms with E-state index in [1.807, 2.05) is 12.1 Å². The third-order valence-corrected chi connectivity index (χ3v) is 5.48. The Bertz CT molecular complexity index is 684. The van der Waals surface area contributed by atoms with Gasteiger partial charge in [-0.3, -0.25) is 4.68 Å². The van der Waals surface area contributed by atoms with Gasteiger partial charge >= 0.3 is 0 Å². The molecule has 1 saturated carbocycles. The summed E-state index contributed by atoms with van der Waals surface area (Å²) >= 11 is 0. The van der Waals surface area contributed by atoms with Gasteiger partial charge in [0.1, 0.15) is 6.67 Å². The van der Waals surface area contributed by atoms with Gasteiger partial charge in [0.05, 0.1) is 17.4 Å². The zero-order valence-electron chi connectivity index (χ0n) is 14.2. The molecule has 0 saturated heterocycles. The van der Waals surface area contributed by atoms with Crippen LogP contribution in [0.1, 0.15) is 55.0 Å². The number of aromatic nitrogens is 2. The predicted molar refractivity (Wildman–Crippen MR) is 94.9 cm³/mol. The van der Waals surface area contributed by atoms with Crippen molar-refractivity contribution >= 4 is 0 Å². The predicted octanol–water partition coefficient (Wildman–Crippen LogP) is 4.21. The highest BCUT2D eigenvalue weighted by molar-refractivity contribution is 5.65. The van der Waals surface area contributed by atoms with Crippen LogP contribution >= 0.6 is 0 Å². The Morgan fingerprint density at radius 3 is 2.54 bits per heavy atom. The maximum absolute atomic E-state index is 12.9. The highest BCUT2D eigenvalue weighted by atomic mass is 19.1. The highest BCUT2D eigenvalue weighted by Crippen LogP contribution is 2.36. The van der Waals surface area contributed by atoms with E-state index >= 15 is 0 Å². The molecule has 0 bridgehead atoms. The number of rotatable bonds is 3. The van der Waals surface area contributed by atoms with Crippen molar-refractivity contribution < 1.29 is 4.39 Å². The standard InChI is InChI=1S/C20H26FN3/c21-14-15-6-8-16(9-7-15)20-18-10-12-22-13-11-19(18)23-24(20)17-4-2-1-3-5-17/h6-9,17,22H,1-5,10-14H2. The molecule has 1 aromatic carbocycles. The third-order valence-electron chi connectivity index (χ3n) is 5.48. The Morgan fingerprint density at radius 1 is 1.04 bits per heavy atom. The van der Waals surface area contributed by atoms with Gasteiger partial charge < -0.3 is 5.32 Å². The molecule has 2 aromatic rings. The Hall–Kier alpha value is -1.68. The summed E-state index contributed by atoms with van der Waals surface area (Å²) in [6, 6.07) is 8.49. The summed E-state index contributed by atoms with van der Waals surface area (Å²) in [7, 11) is 0. The number of nitrogens with zero attached hydrogens (tertiary/aromatic N) is 2. The molecular formula is C20H26FN3. The third kappa shape index (κ3) is 3.00. The first kappa shape index (κ1) is 15.8. The Labute approximate surface area is 143 Å². The minimum atomic E-state index is -0.399. The molecule has 128 valence electrons. The lowest BCUT2D eigenvalue weighted by molar-refractivity contribution is 0.330. The van der Waals surface area contributed by atoms with Gasteiger partial charge in [-0.1, -0.05) is 43.5 Å². The fourth-order valence-corrected chi connectivity index (χ4v) is 4.17. The maximum atomic E-state index is 12.9. The zero-order chi connectivity index (χ0) is 16.4. The van der Waals surface area contributed by atoms with Gasteiger partial charge in [-0.2, -0.15) is 5.10 Å². The van der Waals surface area contributed by atoms with Crippen LogP contribution in [-0.2, 0) is 19.5 Å². The normalized spacial score (nSPS) is 19.0. The number of hydrogen-bond acceptors (Lipinski definition) is 2. The summed E-state index contributed by atoms with van der Waals surface area (Å²) in [6.45, 7) is 1.62. The van der Waals surface area contributed by atoms with E-state index in [1.165, 1.54) is 54.6 Å². The fourth-order valence-electron chi connectivity index (χ4n) is 4.17. The molecule has 1 fully saturated rings. The number of hydrogen-bond donors (Lipinski definition) is 1. The summed E-state index contributed by atoms with van der Waals surface area (Å²) in [5.74, 6) is 0. The molecule has 1 aromatic heterocycles. The average molecular weight is 327 g/mol. The number of nitrogens with one attached hydrogen (secondary N) is 1. The molecule has 3 nitrogen and oxygen atoms in total. The van der Waals surface area contributed by atoms with Gasteiger partial charge in [0.2, 0.25) is 0 Å². The molecule has 2 aliphatic rings. The van der Waals surface area contributed by atoms with Crippen molar-refractivity contribution in [3.8, 4) is 11.3 Å². The van der Waals surface area contributed by atoms with Gasteiger partial charge in [-0.05, 0) is 31.4 Å². The van der Waals surface area contributed by atoms with Crippen molar-refractivity contribution in [2.24, 2.45) is 0 Å². The van der Waals surface area contributed by atoms with E-state index in [1.54, 1.807) is 0 Å². The van der Waals surface area contributed by atoms with Crippen LogP contribution in [0.25, 0.3) is 11.3 Å². The lowest BCUT2D eigenvalue weighted by Gasteiger charge is -2.24. The van der Waals surface area contributed by atoms with Crippen molar-refractivity contribution in [1.82, 2.24) is 15.1 Å². The molecule has 1 N–H and O–H groups in total. The number of alkyl halides is 1. The lowest BCUT2D eigenvalue weighted by atomic mass is 9.94. The Kier molecular flexibility index (Phi) is 4.65. The molecule has 2 heterocycles. The molecular weight excluding hydrogens is 301 g/mol. The van der Waals surface area contributed by atoms with E-state index in [0.717, 1.165) is 31.5 Å². The minimum Gasteiger partial charge on any atom is -0.316 e. The first-order chi connectivity index (χ1) is 11.9. The maximum Gasteiger partial charge on any atom is 0.115 e. The molecule has 24 heavy (non-hydrogen) atoms. The van der Waals surface area contributed by atoms with Crippen LogP contribution < -0.4 is 5.32 Å². The molecule has 0 amide bonds. The second kappa shape index (κ2) is 7.06. The number of halogens is 1. The van der Waals surface area contributed by atoms with Crippen LogP contribution in [0.4, 0.5) is 4.39 Å². The van der Waals surface area contributed by atoms with Crippen LogP contribution in [0.15, 0.2) is 24.3 Å². The van der Waals surface area contributed by atoms with Crippen LogP contribution in [-0.4, -0.2) is 22.9 Å². The van der Waals surface area contributed by atoms with E-state index in [4.69, 9.17) is 5.10 Å². The monoisotopic (exact) mass is 327 g/mol. The summed E-state index contributed by atoms with van der Waals surface area (Å²) in [5.41, 5.74) is 5.88. The van der Waals surface area contributed by atoms with Gasteiger partial charge in [0.15, 0.2) is 0 Å². The molecule has 4 rings (SSSR count). The molecule has 0 radical (unpaired) electrons. The van der Waals surface area contributed by atoms with Crippen molar-refractivity contribution in [3.63, 3.8) is 0 Å². The molecule has 0 spiro atoms. The van der Waals surface area contributed by atoms with Crippen molar-refractivity contribution in [3.05, 3.63) is 41.1 Å². The van der Waals surface area contributed by atoms with Gasteiger partial charge in [-0.15, -0.1) is 0 Å². The zero-order valence-corrected chi connectivity index (χ0v) is 14.2. The summed E-state index contributed by atoms with van der Waals surface area (Å²) in [6.07, 6.45) is 8.45. The molecule has 1 aliphatic heterocycles. The van der Waals surface area contributed by atoms with E-state index in [9.17, 15) is 4.39 Å². The van der Waals surface area contributed by atoms with Crippen LogP contribution in [0.2, 0.25) is 0 Å².